The minimum absolute atomic E-state index is 0.109. The predicted molar refractivity (Wildman–Crippen MR) is 64.1 cm³/mol. The van der Waals surface area contributed by atoms with E-state index >= 15 is 0 Å². The highest BCUT2D eigenvalue weighted by Gasteiger charge is 2.20. The molecule has 6 heteroatoms. The van der Waals surface area contributed by atoms with E-state index in [1.165, 1.54) is 6.07 Å². The van der Waals surface area contributed by atoms with Gasteiger partial charge < -0.3 is 9.52 Å². The van der Waals surface area contributed by atoms with Crippen LogP contribution in [-0.4, -0.2) is 20.1 Å². The van der Waals surface area contributed by atoms with Gasteiger partial charge in [0.15, 0.2) is 0 Å². The first-order valence-electron chi connectivity index (χ1n) is 5.71. The first kappa shape index (κ1) is 14.2. The molecule has 0 radical (unpaired) electrons. The van der Waals surface area contributed by atoms with Crippen LogP contribution in [0.5, 0.6) is 0 Å². The van der Waals surface area contributed by atoms with E-state index in [0.717, 1.165) is 19.3 Å². The van der Waals surface area contributed by atoms with E-state index in [1.54, 1.807) is 6.92 Å². The predicted octanol–water partition coefficient (Wildman–Crippen LogP) is 1.55. The van der Waals surface area contributed by atoms with Gasteiger partial charge in [-0.1, -0.05) is 19.8 Å². The largest absolute Gasteiger partial charge is 0.462 e. The van der Waals surface area contributed by atoms with E-state index in [-0.39, 0.29) is 17.3 Å². The fourth-order valence-electron chi connectivity index (χ4n) is 1.53. The number of rotatable bonds is 7. The van der Waals surface area contributed by atoms with Crippen LogP contribution in [0.1, 0.15) is 37.7 Å². The van der Waals surface area contributed by atoms with Crippen LogP contribution in [0.4, 0.5) is 0 Å². The molecule has 0 aliphatic carbocycles. The number of sulfonamides is 1. The van der Waals surface area contributed by atoms with Gasteiger partial charge in [-0.15, -0.1) is 0 Å². The zero-order valence-corrected chi connectivity index (χ0v) is 11.0. The van der Waals surface area contributed by atoms with Gasteiger partial charge in [0, 0.05) is 12.6 Å². The summed E-state index contributed by atoms with van der Waals surface area (Å²) in [6.45, 7) is 3.75. The van der Waals surface area contributed by atoms with Crippen LogP contribution in [0.3, 0.4) is 0 Å². The molecule has 1 aromatic rings. The van der Waals surface area contributed by atoms with Crippen LogP contribution in [0, 0.1) is 6.92 Å². The van der Waals surface area contributed by atoms with E-state index in [0.29, 0.717) is 12.3 Å². The molecular formula is C11H19NO4S. The molecule has 0 aromatic carbocycles. The fraction of sp³-hybridized carbons (Fsp3) is 0.636. The zero-order chi connectivity index (χ0) is 12.9. The Morgan fingerprint density at radius 3 is 2.65 bits per heavy atom. The molecule has 0 unspecified atom stereocenters. The standard InChI is InChI=1S/C11H19NO4S/c1-3-4-5-6-12-17(14,15)11-7-10(8-13)16-9(11)2/h7,12-13H,3-6,8H2,1-2H3. The molecule has 0 amide bonds. The average Bonchev–Trinajstić information content (AvgIpc) is 2.67. The summed E-state index contributed by atoms with van der Waals surface area (Å²) >= 11 is 0. The second-order valence-corrected chi connectivity index (χ2v) is 5.63. The number of aliphatic hydroxyl groups is 1. The summed E-state index contributed by atoms with van der Waals surface area (Å²) in [6, 6.07) is 1.36. The summed E-state index contributed by atoms with van der Waals surface area (Å²) in [6.07, 6.45) is 2.86. The highest BCUT2D eigenvalue weighted by Crippen LogP contribution is 2.19. The first-order chi connectivity index (χ1) is 8.01. The fourth-order valence-corrected chi connectivity index (χ4v) is 2.80. The van der Waals surface area contributed by atoms with Gasteiger partial charge in [-0.05, 0) is 13.3 Å². The molecule has 17 heavy (non-hydrogen) atoms. The van der Waals surface area contributed by atoms with E-state index in [4.69, 9.17) is 9.52 Å². The molecule has 2 N–H and O–H groups in total. The molecule has 0 spiro atoms. The Labute approximate surface area is 102 Å². The van der Waals surface area contributed by atoms with Crippen molar-refractivity contribution in [3.63, 3.8) is 0 Å². The third kappa shape index (κ3) is 3.83. The third-order valence-electron chi connectivity index (χ3n) is 2.44. The lowest BCUT2D eigenvalue weighted by Crippen LogP contribution is -2.24. The van der Waals surface area contributed by atoms with Gasteiger partial charge in [0.1, 0.15) is 23.0 Å². The van der Waals surface area contributed by atoms with Gasteiger partial charge in [0.25, 0.3) is 0 Å². The highest BCUT2D eigenvalue weighted by molar-refractivity contribution is 7.89. The van der Waals surface area contributed by atoms with Crippen molar-refractivity contribution in [1.29, 1.82) is 0 Å². The van der Waals surface area contributed by atoms with Crippen molar-refractivity contribution in [3.05, 3.63) is 17.6 Å². The van der Waals surface area contributed by atoms with E-state index in [1.807, 2.05) is 0 Å². The molecular weight excluding hydrogens is 242 g/mol. The number of aliphatic hydroxyl groups excluding tert-OH is 1. The Bertz CT molecular complexity index is 450. The topological polar surface area (TPSA) is 79.5 Å². The van der Waals surface area contributed by atoms with E-state index in [2.05, 4.69) is 11.6 Å². The molecule has 1 heterocycles. The smallest absolute Gasteiger partial charge is 0.244 e. The first-order valence-corrected chi connectivity index (χ1v) is 7.19. The average molecular weight is 261 g/mol. The quantitative estimate of drug-likeness (QED) is 0.730. The van der Waals surface area contributed by atoms with Gasteiger partial charge in [-0.2, -0.15) is 0 Å². The van der Waals surface area contributed by atoms with Gasteiger partial charge in [0.2, 0.25) is 10.0 Å². The maximum Gasteiger partial charge on any atom is 0.244 e. The monoisotopic (exact) mass is 261 g/mol. The van der Waals surface area contributed by atoms with Crippen molar-refractivity contribution in [2.24, 2.45) is 0 Å². The van der Waals surface area contributed by atoms with E-state index in [9.17, 15) is 8.42 Å². The van der Waals surface area contributed by atoms with Crippen molar-refractivity contribution in [3.8, 4) is 0 Å². The van der Waals surface area contributed by atoms with Gasteiger partial charge in [-0.25, -0.2) is 13.1 Å². The number of furan rings is 1. The summed E-state index contributed by atoms with van der Waals surface area (Å²) in [5, 5.41) is 8.88. The van der Waals surface area contributed by atoms with Crippen LogP contribution < -0.4 is 4.72 Å². The maximum absolute atomic E-state index is 11.9. The van der Waals surface area contributed by atoms with Crippen LogP contribution in [0.15, 0.2) is 15.4 Å². The minimum atomic E-state index is -3.52. The molecule has 0 fully saturated rings. The number of unbranched alkanes of at least 4 members (excludes halogenated alkanes) is 2. The lowest BCUT2D eigenvalue weighted by atomic mass is 10.3. The number of hydrogen-bond acceptors (Lipinski definition) is 4. The van der Waals surface area contributed by atoms with Crippen molar-refractivity contribution in [2.45, 2.75) is 44.6 Å². The molecule has 1 aromatic heterocycles. The Morgan fingerprint density at radius 2 is 2.12 bits per heavy atom. The lowest BCUT2D eigenvalue weighted by Gasteiger charge is -2.04. The normalized spacial score (nSPS) is 11.9. The Kier molecular flexibility index (Phi) is 5.17. The van der Waals surface area contributed by atoms with Gasteiger partial charge in [0.05, 0.1) is 0 Å². The zero-order valence-electron chi connectivity index (χ0n) is 10.2. The minimum Gasteiger partial charge on any atom is -0.462 e. The molecule has 0 atom stereocenters. The second kappa shape index (κ2) is 6.18. The molecule has 0 aliphatic rings. The van der Waals surface area contributed by atoms with Crippen molar-refractivity contribution < 1.29 is 17.9 Å². The summed E-state index contributed by atoms with van der Waals surface area (Å²) in [7, 11) is -3.52. The van der Waals surface area contributed by atoms with Crippen LogP contribution in [0.25, 0.3) is 0 Å². The van der Waals surface area contributed by atoms with Gasteiger partial charge in [-0.3, -0.25) is 0 Å². The molecule has 1 rings (SSSR count). The van der Waals surface area contributed by atoms with Crippen LogP contribution in [-0.2, 0) is 16.6 Å². The maximum atomic E-state index is 11.9. The molecule has 0 saturated heterocycles. The lowest BCUT2D eigenvalue weighted by molar-refractivity contribution is 0.244. The molecule has 0 aliphatic heterocycles. The Hall–Kier alpha value is -0.850. The summed E-state index contributed by atoms with van der Waals surface area (Å²) in [4.78, 5) is 0.109. The SMILES string of the molecule is CCCCCNS(=O)(=O)c1cc(CO)oc1C. The summed E-state index contributed by atoms with van der Waals surface area (Å²) < 4.78 is 31.4. The Morgan fingerprint density at radius 1 is 1.41 bits per heavy atom. The van der Waals surface area contributed by atoms with E-state index < -0.39 is 10.0 Å². The third-order valence-corrected chi connectivity index (χ3v) is 4.01. The highest BCUT2D eigenvalue weighted by atomic mass is 32.2. The number of hydrogen-bond donors (Lipinski definition) is 2. The van der Waals surface area contributed by atoms with Crippen LogP contribution >= 0.6 is 0 Å². The second-order valence-electron chi connectivity index (χ2n) is 3.90. The van der Waals surface area contributed by atoms with Crippen molar-refractivity contribution in [1.82, 2.24) is 4.72 Å². The summed E-state index contributed by atoms with van der Waals surface area (Å²) in [5.41, 5.74) is 0. The molecule has 0 bridgehead atoms. The van der Waals surface area contributed by atoms with Gasteiger partial charge >= 0.3 is 0 Å². The number of nitrogens with one attached hydrogen (secondary N) is 1. The molecule has 5 nitrogen and oxygen atoms in total. The Balaban J connectivity index is 2.72. The van der Waals surface area contributed by atoms with Crippen LogP contribution in [0.2, 0.25) is 0 Å². The molecule has 0 saturated carbocycles. The summed E-state index contributed by atoms with van der Waals surface area (Å²) in [5.74, 6) is 0.563. The van der Waals surface area contributed by atoms with Crippen molar-refractivity contribution >= 4 is 10.0 Å². The van der Waals surface area contributed by atoms with Crippen molar-refractivity contribution in [2.75, 3.05) is 6.54 Å². The number of aryl methyl sites for hydroxylation is 1. The molecule has 98 valence electrons.